The first-order valence-electron chi connectivity index (χ1n) is 7.61. The van der Waals surface area contributed by atoms with Crippen molar-refractivity contribution in [3.63, 3.8) is 0 Å². The average Bonchev–Trinajstić information content (AvgIpc) is 2.55. The Bertz CT molecular complexity index is 941. The number of pyridine rings is 1. The van der Waals surface area contributed by atoms with Gasteiger partial charge in [0, 0.05) is 35.9 Å². The highest BCUT2D eigenvalue weighted by Gasteiger charge is 2.08. The van der Waals surface area contributed by atoms with Crippen molar-refractivity contribution in [3.8, 4) is 5.69 Å². The number of nitrogens with zero attached hydrogens (tertiary/aromatic N) is 1. The fourth-order valence-electron chi connectivity index (χ4n) is 2.76. The Kier molecular flexibility index (Phi) is 3.98. The van der Waals surface area contributed by atoms with Gasteiger partial charge >= 0.3 is 0 Å². The van der Waals surface area contributed by atoms with Crippen LogP contribution in [0.1, 0.15) is 19.4 Å². The van der Waals surface area contributed by atoms with Gasteiger partial charge in [0.25, 0.3) is 0 Å². The molecule has 1 aromatic heterocycles. The largest absolute Gasteiger partial charge is 0.326 e. The Morgan fingerprint density at radius 3 is 2.65 bits per heavy atom. The predicted molar refractivity (Wildman–Crippen MR) is 93.2 cm³/mol. The van der Waals surface area contributed by atoms with Crippen LogP contribution in [-0.4, -0.2) is 10.5 Å². The summed E-state index contributed by atoms with van der Waals surface area (Å²) in [6.45, 7) is 3.55. The number of aryl methyl sites for hydroxylation is 1. The van der Waals surface area contributed by atoms with E-state index in [4.69, 9.17) is 0 Å². The normalized spacial score (nSPS) is 10.7. The summed E-state index contributed by atoms with van der Waals surface area (Å²) in [5.41, 5.74) is 3.64. The highest BCUT2D eigenvalue weighted by Crippen LogP contribution is 2.23. The Labute approximate surface area is 134 Å². The van der Waals surface area contributed by atoms with Crippen molar-refractivity contribution < 1.29 is 4.79 Å². The van der Waals surface area contributed by atoms with E-state index in [2.05, 4.69) is 12.2 Å². The molecule has 4 nitrogen and oxygen atoms in total. The number of fused-ring (bicyclic) bond motifs is 1. The molecule has 1 N–H and O–H groups in total. The van der Waals surface area contributed by atoms with E-state index in [9.17, 15) is 9.59 Å². The molecule has 0 saturated heterocycles. The predicted octanol–water partition coefficient (Wildman–Crippen LogP) is 3.51. The molecule has 1 heterocycles. The van der Waals surface area contributed by atoms with Crippen molar-refractivity contribution in [1.82, 2.24) is 4.57 Å². The van der Waals surface area contributed by atoms with Gasteiger partial charge in [-0.2, -0.15) is 0 Å². The monoisotopic (exact) mass is 306 g/mol. The van der Waals surface area contributed by atoms with Crippen LogP contribution in [-0.2, 0) is 11.2 Å². The van der Waals surface area contributed by atoms with Crippen molar-refractivity contribution in [1.29, 1.82) is 0 Å². The fraction of sp³-hybridized carbons (Fsp3) is 0.158. The van der Waals surface area contributed by atoms with Gasteiger partial charge in [0.2, 0.25) is 5.91 Å². The maximum Gasteiger partial charge on any atom is 0.221 e. The zero-order valence-corrected chi connectivity index (χ0v) is 13.2. The number of hydrogen-bond acceptors (Lipinski definition) is 2. The lowest BCUT2D eigenvalue weighted by atomic mass is 10.1. The number of nitrogens with one attached hydrogen (secondary N) is 1. The molecule has 2 aromatic carbocycles. The van der Waals surface area contributed by atoms with Crippen LogP contribution in [0.25, 0.3) is 16.6 Å². The number of benzene rings is 2. The molecule has 0 aliphatic heterocycles. The Morgan fingerprint density at radius 1 is 1.13 bits per heavy atom. The van der Waals surface area contributed by atoms with E-state index in [1.807, 2.05) is 47.0 Å². The van der Waals surface area contributed by atoms with E-state index >= 15 is 0 Å². The second-order valence-corrected chi connectivity index (χ2v) is 5.44. The summed E-state index contributed by atoms with van der Waals surface area (Å²) in [7, 11) is 0. The molecule has 116 valence electrons. The molecule has 0 fully saturated rings. The van der Waals surface area contributed by atoms with Crippen LogP contribution < -0.4 is 10.7 Å². The van der Waals surface area contributed by atoms with E-state index in [0.717, 1.165) is 28.9 Å². The smallest absolute Gasteiger partial charge is 0.221 e. The highest BCUT2D eigenvalue weighted by atomic mass is 16.1. The van der Waals surface area contributed by atoms with Crippen LogP contribution >= 0.6 is 0 Å². The third-order valence-corrected chi connectivity index (χ3v) is 3.87. The second-order valence-electron chi connectivity index (χ2n) is 5.44. The van der Waals surface area contributed by atoms with Gasteiger partial charge in [-0.15, -0.1) is 0 Å². The van der Waals surface area contributed by atoms with Crippen molar-refractivity contribution in [3.05, 3.63) is 70.5 Å². The van der Waals surface area contributed by atoms with Crippen LogP contribution in [0.2, 0.25) is 0 Å². The van der Waals surface area contributed by atoms with E-state index in [-0.39, 0.29) is 11.3 Å². The maximum atomic E-state index is 12.0. The summed E-state index contributed by atoms with van der Waals surface area (Å²) in [6, 6.07) is 15.0. The first-order chi connectivity index (χ1) is 11.1. The minimum Gasteiger partial charge on any atom is -0.326 e. The summed E-state index contributed by atoms with van der Waals surface area (Å²) in [6.07, 6.45) is 2.60. The Hall–Kier alpha value is -2.88. The standard InChI is InChI=1S/C19H18N2O2/c1-3-14-8-9-15(12-17(14)20-13(2)22)21-11-10-19(23)16-6-4-5-7-18(16)21/h4-12H,3H2,1-2H3,(H,20,22). The van der Waals surface area contributed by atoms with E-state index in [1.165, 1.54) is 6.92 Å². The molecule has 23 heavy (non-hydrogen) atoms. The lowest BCUT2D eigenvalue weighted by Gasteiger charge is -2.15. The van der Waals surface area contributed by atoms with Crippen LogP contribution in [0, 0.1) is 0 Å². The number of anilines is 1. The molecule has 4 heteroatoms. The minimum atomic E-state index is -0.0957. The molecule has 0 aliphatic rings. The van der Waals surface area contributed by atoms with Crippen LogP contribution in [0.4, 0.5) is 5.69 Å². The molecular formula is C19H18N2O2. The number of aromatic nitrogens is 1. The molecule has 0 saturated carbocycles. The topological polar surface area (TPSA) is 51.1 Å². The SMILES string of the molecule is CCc1ccc(-n2ccc(=O)c3ccccc32)cc1NC(C)=O. The quantitative estimate of drug-likeness (QED) is 0.805. The van der Waals surface area contributed by atoms with Crippen LogP contribution in [0.5, 0.6) is 0 Å². The van der Waals surface area contributed by atoms with Crippen molar-refractivity contribution in [2.24, 2.45) is 0 Å². The molecule has 1 amide bonds. The highest BCUT2D eigenvalue weighted by molar-refractivity contribution is 5.90. The number of amides is 1. The minimum absolute atomic E-state index is 0.00381. The van der Waals surface area contributed by atoms with Crippen LogP contribution in [0.3, 0.4) is 0 Å². The summed E-state index contributed by atoms with van der Waals surface area (Å²) in [4.78, 5) is 23.4. The van der Waals surface area contributed by atoms with Crippen molar-refractivity contribution in [2.45, 2.75) is 20.3 Å². The summed E-state index contributed by atoms with van der Waals surface area (Å²) >= 11 is 0. The number of carbonyl (C=O) groups excluding carboxylic acids is 1. The fourth-order valence-corrected chi connectivity index (χ4v) is 2.76. The lowest BCUT2D eigenvalue weighted by Crippen LogP contribution is -2.10. The third kappa shape index (κ3) is 2.88. The number of para-hydroxylation sites is 1. The number of carbonyl (C=O) groups is 1. The first kappa shape index (κ1) is 15.0. The molecule has 0 unspecified atom stereocenters. The maximum absolute atomic E-state index is 12.0. The molecule has 3 aromatic rings. The van der Waals surface area contributed by atoms with Gasteiger partial charge < -0.3 is 9.88 Å². The molecule has 0 atom stereocenters. The van der Waals surface area contributed by atoms with Gasteiger partial charge in [0.05, 0.1) is 5.52 Å². The lowest BCUT2D eigenvalue weighted by molar-refractivity contribution is -0.114. The van der Waals surface area contributed by atoms with Gasteiger partial charge in [-0.3, -0.25) is 9.59 Å². The van der Waals surface area contributed by atoms with Gasteiger partial charge in [-0.05, 0) is 36.2 Å². The molecular weight excluding hydrogens is 288 g/mol. The molecule has 3 rings (SSSR count). The van der Waals surface area contributed by atoms with E-state index in [1.54, 1.807) is 12.3 Å². The second kappa shape index (κ2) is 6.08. The van der Waals surface area contributed by atoms with Gasteiger partial charge in [-0.1, -0.05) is 25.1 Å². The number of hydrogen-bond donors (Lipinski definition) is 1. The summed E-state index contributed by atoms with van der Waals surface area (Å²) in [5, 5.41) is 3.56. The van der Waals surface area contributed by atoms with Crippen molar-refractivity contribution >= 4 is 22.5 Å². The molecule has 0 bridgehead atoms. The zero-order chi connectivity index (χ0) is 16.4. The molecule has 0 radical (unpaired) electrons. The van der Waals surface area contributed by atoms with E-state index < -0.39 is 0 Å². The number of rotatable bonds is 3. The van der Waals surface area contributed by atoms with Crippen LogP contribution in [0.15, 0.2) is 59.5 Å². The van der Waals surface area contributed by atoms with Gasteiger partial charge in [0.15, 0.2) is 5.43 Å². The summed E-state index contributed by atoms with van der Waals surface area (Å²) < 4.78 is 1.96. The first-order valence-corrected chi connectivity index (χ1v) is 7.61. The average molecular weight is 306 g/mol. The molecule has 0 spiro atoms. The van der Waals surface area contributed by atoms with Crippen molar-refractivity contribution in [2.75, 3.05) is 5.32 Å². The Morgan fingerprint density at radius 2 is 1.91 bits per heavy atom. The third-order valence-electron chi connectivity index (χ3n) is 3.87. The van der Waals surface area contributed by atoms with E-state index in [0.29, 0.717) is 5.39 Å². The zero-order valence-electron chi connectivity index (χ0n) is 13.2. The Balaban J connectivity index is 2.21. The van der Waals surface area contributed by atoms with Gasteiger partial charge in [0.1, 0.15) is 0 Å². The summed E-state index contributed by atoms with van der Waals surface area (Å²) in [5.74, 6) is -0.0957. The molecule has 0 aliphatic carbocycles. The van der Waals surface area contributed by atoms with Gasteiger partial charge in [-0.25, -0.2) is 0 Å².